The molecule has 4 nitrogen and oxygen atoms in total. The number of ether oxygens (including phenoxy) is 1. The van der Waals surface area contributed by atoms with Crippen molar-refractivity contribution in [3.8, 4) is 0 Å². The van der Waals surface area contributed by atoms with Gasteiger partial charge in [-0.25, -0.2) is 4.39 Å². The van der Waals surface area contributed by atoms with E-state index in [1.165, 1.54) is 6.07 Å². The first-order chi connectivity index (χ1) is 8.63. The van der Waals surface area contributed by atoms with E-state index in [0.717, 1.165) is 0 Å². The van der Waals surface area contributed by atoms with Gasteiger partial charge in [0.1, 0.15) is 5.82 Å². The number of anilines is 1. The summed E-state index contributed by atoms with van der Waals surface area (Å²) in [5.41, 5.74) is 1.04. The monoisotopic (exact) mass is 255 g/mol. The van der Waals surface area contributed by atoms with Crippen LogP contribution < -0.4 is 4.90 Å². The molecular formula is C13H18FNO3. The Hall–Kier alpha value is -1.17. The Labute approximate surface area is 106 Å². The van der Waals surface area contributed by atoms with E-state index in [-0.39, 0.29) is 31.2 Å². The fourth-order valence-electron chi connectivity index (χ4n) is 2.25. The molecule has 2 atom stereocenters. The SMILES string of the molecule is CC1CN(c2ccc(CO)cc2F)CC(CO)O1. The Kier molecular flexibility index (Phi) is 4.16. The quantitative estimate of drug-likeness (QED) is 0.842. The smallest absolute Gasteiger partial charge is 0.146 e. The second-order valence-electron chi connectivity index (χ2n) is 4.60. The van der Waals surface area contributed by atoms with E-state index in [4.69, 9.17) is 14.9 Å². The van der Waals surface area contributed by atoms with Crippen LogP contribution in [0.1, 0.15) is 12.5 Å². The molecule has 1 aliphatic heterocycles. The van der Waals surface area contributed by atoms with Crippen LogP contribution >= 0.6 is 0 Å². The number of halogens is 1. The maximum Gasteiger partial charge on any atom is 0.146 e. The van der Waals surface area contributed by atoms with Crippen molar-refractivity contribution < 1.29 is 19.3 Å². The first kappa shape index (κ1) is 13.3. The van der Waals surface area contributed by atoms with E-state index in [2.05, 4.69) is 0 Å². The highest BCUT2D eigenvalue weighted by Gasteiger charge is 2.26. The summed E-state index contributed by atoms with van der Waals surface area (Å²) in [6.45, 7) is 2.71. The molecule has 1 aromatic carbocycles. The third-order valence-electron chi connectivity index (χ3n) is 3.07. The average Bonchev–Trinajstić information content (AvgIpc) is 2.37. The summed E-state index contributed by atoms with van der Waals surface area (Å²) in [5, 5.41) is 18.1. The standard InChI is InChI=1S/C13H18FNO3/c1-9-5-15(6-11(8-17)18-9)13-3-2-10(7-16)4-12(13)14/h2-4,9,11,16-17H,5-8H2,1H3. The first-order valence-electron chi connectivity index (χ1n) is 6.04. The molecule has 0 saturated carbocycles. The van der Waals surface area contributed by atoms with Gasteiger partial charge in [-0.1, -0.05) is 6.07 Å². The molecule has 100 valence electrons. The van der Waals surface area contributed by atoms with Crippen LogP contribution in [0.3, 0.4) is 0 Å². The third-order valence-corrected chi connectivity index (χ3v) is 3.07. The summed E-state index contributed by atoms with van der Waals surface area (Å²) in [6.07, 6.45) is -0.335. The van der Waals surface area contributed by atoms with Gasteiger partial charge in [-0.05, 0) is 24.6 Å². The second-order valence-corrected chi connectivity index (χ2v) is 4.60. The molecule has 2 unspecified atom stereocenters. The fraction of sp³-hybridized carbons (Fsp3) is 0.538. The van der Waals surface area contributed by atoms with Crippen LogP contribution in [0.25, 0.3) is 0 Å². The highest BCUT2D eigenvalue weighted by atomic mass is 19.1. The zero-order valence-electron chi connectivity index (χ0n) is 10.3. The van der Waals surface area contributed by atoms with Crippen molar-refractivity contribution in [1.29, 1.82) is 0 Å². The lowest BCUT2D eigenvalue weighted by Gasteiger charge is -2.37. The van der Waals surface area contributed by atoms with Gasteiger partial charge in [-0.2, -0.15) is 0 Å². The van der Waals surface area contributed by atoms with Gasteiger partial charge in [-0.3, -0.25) is 0 Å². The van der Waals surface area contributed by atoms with E-state index < -0.39 is 0 Å². The molecular weight excluding hydrogens is 237 g/mol. The lowest BCUT2D eigenvalue weighted by Crippen LogP contribution is -2.48. The largest absolute Gasteiger partial charge is 0.394 e. The maximum atomic E-state index is 13.9. The molecule has 1 fully saturated rings. The van der Waals surface area contributed by atoms with Gasteiger partial charge in [-0.15, -0.1) is 0 Å². The van der Waals surface area contributed by atoms with Crippen molar-refractivity contribution in [2.24, 2.45) is 0 Å². The van der Waals surface area contributed by atoms with Crippen molar-refractivity contribution in [3.63, 3.8) is 0 Å². The van der Waals surface area contributed by atoms with Gasteiger partial charge >= 0.3 is 0 Å². The molecule has 2 N–H and O–H groups in total. The van der Waals surface area contributed by atoms with E-state index >= 15 is 0 Å². The molecule has 0 aliphatic carbocycles. The number of benzene rings is 1. The number of aliphatic hydroxyl groups excluding tert-OH is 2. The van der Waals surface area contributed by atoms with Gasteiger partial charge in [0.05, 0.1) is 31.1 Å². The predicted octanol–water partition coefficient (Wildman–Crippen LogP) is 0.904. The van der Waals surface area contributed by atoms with Crippen LogP contribution in [-0.2, 0) is 11.3 Å². The molecule has 0 aromatic heterocycles. The second kappa shape index (κ2) is 5.65. The van der Waals surface area contributed by atoms with Gasteiger partial charge in [0.25, 0.3) is 0 Å². The van der Waals surface area contributed by atoms with Crippen LogP contribution in [-0.4, -0.2) is 42.1 Å². The van der Waals surface area contributed by atoms with E-state index in [1.807, 2.05) is 11.8 Å². The summed E-state index contributed by atoms with van der Waals surface area (Å²) >= 11 is 0. The Morgan fingerprint density at radius 3 is 2.78 bits per heavy atom. The molecule has 0 spiro atoms. The normalized spacial score (nSPS) is 24.3. The first-order valence-corrected chi connectivity index (χ1v) is 6.04. The molecule has 1 aromatic rings. The molecule has 5 heteroatoms. The fourth-order valence-corrected chi connectivity index (χ4v) is 2.25. The lowest BCUT2D eigenvalue weighted by molar-refractivity contribution is -0.0422. The number of nitrogens with zero attached hydrogens (tertiary/aromatic N) is 1. The van der Waals surface area contributed by atoms with Crippen molar-refractivity contribution in [2.45, 2.75) is 25.7 Å². The maximum absolute atomic E-state index is 13.9. The molecule has 0 amide bonds. The van der Waals surface area contributed by atoms with Crippen LogP contribution in [0.2, 0.25) is 0 Å². The van der Waals surface area contributed by atoms with Crippen LogP contribution in [0, 0.1) is 5.82 Å². The predicted molar refractivity (Wildman–Crippen MR) is 66.0 cm³/mol. The zero-order chi connectivity index (χ0) is 13.1. The minimum Gasteiger partial charge on any atom is -0.394 e. The van der Waals surface area contributed by atoms with Gasteiger partial charge in [0.2, 0.25) is 0 Å². The minimum atomic E-state index is -0.354. The van der Waals surface area contributed by atoms with Crippen LogP contribution in [0.4, 0.5) is 10.1 Å². The number of rotatable bonds is 3. The number of morpholine rings is 1. The Bertz CT molecular complexity index is 413. The molecule has 1 saturated heterocycles. The van der Waals surface area contributed by atoms with Gasteiger partial charge < -0.3 is 19.8 Å². The number of hydrogen-bond acceptors (Lipinski definition) is 4. The molecule has 0 bridgehead atoms. The average molecular weight is 255 g/mol. The third kappa shape index (κ3) is 2.80. The van der Waals surface area contributed by atoms with Crippen molar-refractivity contribution >= 4 is 5.69 Å². The highest BCUT2D eigenvalue weighted by Crippen LogP contribution is 2.24. The zero-order valence-corrected chi connectivity index (χ0v) is 10.3. The van der Waals surface area contributed by atoms with Crippen LogP contribution in [0.15, 0.2) is 18.2 Å². The molecule has 0 radical (unpaired) electrons. The summed E-state index contributed by atoms with van der Waals surface area (Å²) < 4.78 is 19.4. The molecule has 1 aliphatic rings. The summed E-state index contributed by atoms with van der Waals surface area (Å²) in [6, 6.07) is 4.70. The van der Waals surface area contributed by atoms with E-state index in [1.54, 1.807) is 12.1 Å². The Morgan fingerprint density at radius 2 is 2.17 bits per heavy atom. The summed E-state index contributed by atoms with van der Waals surface area (Å²) in [4.78, 5) is 1.87. The van der Waals surface area contributed by atoms with Crippen LogP contribution in [0.5, 0.6) is 0 Å². The van der Waals surface area contributed by atoms with Crippen molar-refractivity contribution in [3.05, 3.63) is 29.6 Å². The van der Waals surface area contributed by atoms with E-state index in [9.17, 15) is 4.39 Å². The molecule has 18 heavy (non-hydrogen) atoms. The number of aliphatic hydroxyl groups is 2. The highest BCUT2D eigenvalue weighted by molar-refractivity contribution is 5.49. The van der Waals surface area contributed by atoms with Gasteiger partial charge in [0.15, 0.2) is 0 Å². The topological polar surface area (TPSA) is 52.9 Å². The number of hydrogen-bond donors (Lipinski definition) is 2. The molecule has 2 rings (SSSR count). The Morgan fingerprint density at radius 1 is 1.39 bits per heavy atom. The van der Waals surface area contributed by atoms with Crippen molar-refractivity contribution in [2.75, 3.05) is 24.6 Å². The Balaban J connectivity index is 2.19. The van der Waals surface area contributed by atoms with E-state index in [0.29, 0.717) is 24.3 Å². The molecule has 1 heterocycles. The van der Waals surface area contributed by atoms with Crippen molar-refractivity contribution in [1.82, 2.24) is 0 Å². The summed E-state index contributed by atoms with van der Waals surface area (Å²) in [5.74, 6) is -0.354. The van der Waals surface area contributed by atoms with Gasteiger partial charge in [0, 0.05) is 13.1 Å². The minimum absolute atomic E-state index is 0.0483. The lowest BCUT2D eigenvalue weighted by atomic mass is 10.1. The summed E-state index contributed by atoms with van der Waals surface area (Å²) in [7, 11) is 0.